The van der Waals surface area contributed by atoms with E-state index < -0.39 is 0 Å². The van der Waals surface area contributed by atoms with Crippen molar-refractivity contribution in [1.29, 1.82) is 0 Å². The lowest BCUT2D eigenvalue weighted by Gasteiger charge is -2.37. The second kappa shape index (κ2) is 6.86. The van der Waals surface area contributed by atoms with Gasteiger partial charge in [0.05, 0.1) is 19.8 Å². The molecule has 23 heavy (non-hydrogen) atoms. The third-order valence-electron chi connectivity index (χ3n) is 4.78. The average molecular weight is 317 g/mol. The number of nitrogens with zero attached hydrogens (tertiary/aromatic N) is 2. The zero-order valence-corrected chi connectivity index (χ0v) is 13.2. The van der Waals surface area contributed by atoms with Crippen molar-refractivity contribution in [2.45, 2.75) is 12.5 Å². The minimum Gasteiger partial charge on any atom is -0.424 e. The van der Waals surface area contributed by atoms with Crippen LogP contribution in [0.5, 0.6) is 0 Å². The first-order valence-electron chi connectivity index (χ1n) is 8.39. The van der Waals surface area contributed by atoms with Crippen LogP contribution < -0.4 is 5.32 Å². The van der Waals surface area contributed by atoms with Gasteiger partial charge in [-0.05, 0) is 18.6 Å². The minimum atomic E-state index is 0.427. The lowest BCUT2D eigenvalue weighted by Crippen LogP contribution is -2.50. The molecule has 1 aromatic heterocycles. The molecule has 6 nitrogen and oxygen atoms in total. The largest absolute Gasteiger partial charge is 0.424 e. The van der Waals surface area contributed by atoms with Crippen molar-refractivity contribution in [3.8, 4) is 0 Å². The SMILES string of the molecule is c1ccc2oc(NC[C@H]([C@H]3CCOC3)N3CCOCC3)nc2c1. The Morgan fingerprint density at radius 1 is 1.17 bits per heavy atom. The Labute approximate surface area is 135 Å². The summed E-state index contributed by atoms with van der Waals surface area (Å²) in [5.74, 6) is 0.560. The molecule has 4 rings (SSSR count). The fraction of sp³-hybridized carbons (Fsp3) is 0.588. The number of anilines is 1. The molecular formula is C17H23N3O3. The number of ether oxygens (including phenoxy) is 2. The highest BCUT2D eigenvalue weighted by atomic mass is 16.5. The maximum absolute atomic E-state index is 5.77. The second-order valence-corrected chi connectivity index (χ2v) is 6.21. The predicted molar refractivity (Wildman–Crippen MR) is 87.6 cm³/mol. The summed E-state index contributed by atoms with van der Waals surface area (Å²) in [7, 11) is 0. The van der Waals surface area contributed by atoms with E-state index in [9.17, 15) is 0 Å². The molecule has 3 heterocycles. The van der Waals surface area contributed by atoms with E-state index in [0.29, 0.717) is 18.0 Å². The fourth-order valence-corrected chi connectivity index (χ4v) is 3.50. The van der Waals surface area contributed by atoms with E-state index in [-0.39, 0.29) is 0 Å². The number of hydrogen-bond donors (Lipinski definition) is 1. The summed E-state index contributed by atoms with van der Waals surface area (Å²) >= 11 is 0. The van der Waals surface area contributed by atoms with Crippen LogP contribution in [-0.4, -0.2) is 62.0 Å². The van der Waals surface area contributed by atoms with Crippen LogP contribution in [-0.2, 0) is 9.47 Å². The van der Waals surface area contributed by atoms with Crippen LogP contribution in [0.3, 0.4) is 0 Å². The number of nitrogens with one attached hydrogen (secondary N) is 1. The van der Waals surface area contributed by atoms with E-state index in [4.69, 9.17) is 13.9 Å². The van der Waals surface area contributed by atoms with Gasteiger partial charge in [0, 0.05) is 38.2 Å². The van der Waals surface area contributed by atoms with Crippen LogP contribution in [0.1, 0.15) is 6.42 Å². The summed E-state index contributed by atoms with van der Waals surface area (Å²) in [4.78, 5) is 7.02. The van der Waals surface area contributed by atoms with Crippen LogP contribution in [0.25, 0.3) is 11.1 Å². The monoisotopic (exact) mass is 317 g/mol. The van der Waals surface area contributed by atoms with E-state index in [1.807, 2.05) is 24.3 Å². The van der Waals surface area contributed by atoms with Gasteiger partial charge in [0.2, 0.25) is 0 Å². The van der Waals surface area contributed by atoms with Gasteiger partial charge >= 0.3 is 0 Å². The quantitative estimate of drug-likeness (QED) is 0.910. The van der Waals surface area contributed by atoms with Crippen LogP contribution in [0.15, 0.2) is 28.7 Å². The molecule has 2 saturated heterocycles. The van der Waals surface area contributed by atoms with Crippen molar-refractivity contribution in [2.75, 3.05) is 51.4 Å². The number of morpholine rings is 1. The first-order valence-corrected chi connectivity index (χ1v) is 8.39. The van der Waals surface area contributed by atoms with E-state index >= 15 is 0 Å². The van der Waals surface area contributed by atoms with Crippen LogP contribution >= 0.6 is 0 Å². The third-order valence-corrected chi connectivity index (χ3v) is 4.78. The Bertz CT molecular complexity index is 600. The number of fused-ring (bicyclic) bond motifs is 1. The topological polar surface area (TPSA) is 59.8 Å². The van der Waals surface area contributed by atoms with E-state index in [0.717, 1.165) is 63.6 Å². The Hall–Kier alpha value is -1.63. The number of oxazole rings is 1. The minimum absolute atomic E-state index is 0.427. The summed E-state index contributed by atoms with van der Waals surface area (Å²) in [6.45, 7) is 6.12. The van der Waals surface area contributed by atoms with Crippen LogP contribution in [0.2, 0.25) is 0 Å². The summed E-state index contributed by atoms with van der Waals surface area (Å²) in [6.07, 6.45) is 1.12. The molecule has 0 saturated carbocycles. The van der Waals surface area contributed by atoms with Gasteiger partial charge in [0.15, 0.2) is 5.58 Å². The molecule has 1 aromatic carbocycles. The zero-order chi connectivity index (χ0) is 15.5. The molecule has 0 radical (unpaired) electrons. The van der Waals surface area contributed by atoms with E-state index in [1.165, 1.54) is 0 Å². The molecule has 2 atom stereocenters. The van der Waals surface area contributed by atoms with Gasteiger partial charge in [-0.1, -0.05) is 12.1 Å². The van der Waals surface area contributed by atoms with E-state index in [2.05, 4.69) is 15.2 Å². The first-order chi connectivity index (χ1) is 11.4. The predicted octanol–water partition coefficient (Wildman–Crippen LogP) is 1.98. The van der Waals surface area contributed by atoms with Gasteiger partial charge in [-0.3, -0.25) is 4.90 Å². The van der Waals surface area contributed by atoms with Gasteiger partial charge in [-0.15, -0.1) is 0 Å². The molecule has 0 bridgehead atoms. The summed E-state index contributed by atoms with van der Waals surface area (Å²) in [5.41, 5.74) is 1.71. The number of rotatable bonds is 5. The molecular weight excluding hydrogens is 294 g/mol. The molecule has 2 aromatic rings. The second-order valence-electron chi connectivity index (χ2n) is 6.21. The van der Waals surface area contributed by atoms with Crippen molar-refractivity contribution in [3.63, 3.8) is 0 Å². The normalized spacial score (nSPS) is 24.1. The highest BCUT2D eigenvalue weighted by Gasteiger charge is 2.31. The molecule has 2 fully saturated rings. The van der Waals surface area contributed by atoms with Crippen LogP contribution in [0, 0.1) is 5.92 Å². The van der Waals surface area contributed by atoms with Gasteiger partial charge in [-0.2, -0.15) is 4.98 Å². The van der Waals surface area contributed by atoms with Crippen molar-refractivity contribution in [1.82, 2.24) is 9.88 Å². The smallest absolute Gasteiger partial charge is 0.295 e. The van der Waals surface area contributed by atoms with Gasteiger partial charge in [0.1, 0.15) is 5.52 Å². The van der Waals surface area contributed by atoms with Crippen molar-refractivity contribution in [3.05, 3.63) is 24.3 Å². The summed E-state index contributed by atoms with van der Waals surface area (Å²) in [6, 6.07) is 8.87. The molecule has 2 aliphatic rings. The molecule has 2 aliphatic heterocycles. The summed E-state index contributed by atoms with van der Waals surface area (Å²) in [5, 5.41) is 3.39. The highest BCUT2D eigenvalue weighted by Crippen LogP contribution is 2.24. The summed E-state index contributed by atoms with van der Waals surface area (Å²) < 4.78 is 16.9. The van der Waals surface area contributed by atoms with Crippen molar-refractivity contribution < 1.29 is 13.9 Å². The lowest BCUT2D eigenvalue weighted by atomic mass is 9.97. The van der Waals surface area contributed by atoms with Crippen LogP contribution in [0.4, 0.5) is 6.01 Å². The molecule has 6 heteroatoms. The Morgan fingerprint density at radius 3 is 2.83 bits per heavy atom. The van der Waals surface area contributed by atoms with Gasteiger partial charge < -0.3 is 19.2 Å². The van der Waals surface area contributed by atoms with Crippen molar-refractivity contribution in [2.24, 2.45) is 5.92 Å². The number of benzene rings is 1. The Kier molecular flexibility index (Phi) is 4.46. The molecule has 0 spiro atoms. The molecule has 0 aliphatic carbocycles. The zero-order valence-electron chi connectivity index (χ0n) is 13.2. The Morgan fingerprint density at radius 2 is 2.04 bits per heavy atom. The number of aromatic nitrogens is 1. The molecule has 124 valence electrons. The number of hydrogen-bond acceptors (Lipinski definition) is 6. The fourth-order valence-electron chi connectivity index (χ4n) is 3.50. The molecule has 0 amide bonds. The maximum atomic E-state index is 5.77. The first kappa shape index (κ1) is 14.9. The number of para-hydroxylation sites is 2. The Balaban J connectivity index is 1.45. The lowest BCUT2D eigenvalue weighted by molar-refractivity contribution is 0.00451. The highest BCUT2D eigenvalue weighted by molar-refractivity contribution is 5.74. The third kappa shape index (κ3) is 3.34. The standard InChI is InChI=1S/C17H23N3O3/c1-2-4-16-14(3-1)19-17(23-16)18-11-15(13-5-8-22-12-13)20-6-9-21-10-7-20/h1-4,13,15H,5-12H2,(H,18,19)/t13-,15+/m0/s1. The van der Waals surface area contributed by atoms with Gasteiger partial charge in [0.25, 0.3) is 6.01 Å². The molecule has 1 N–H and O–H groups in total. The van der Waals surface area contributed by atoms with E-state index in [1.54, 1.807) is 0 Å². The van der Waals surface area contributed by atoms with Gasteiger partial charge in [-0.25, -0.2) is 0 Å². The van der Waals surface area contributed by atoms with Crippen molar-refractivity contribution >= 4 is 17.1 Å². The average Bonchev–Trinajstić information content (AvgIpc) is 3.25. The molecule has 0 unspecified atom stereocenters. The maximum Gasteiger partial charge on any atom is 0.295 e.